The number of carbonyl (C=O) groups excluding carboxylic acids is 1. The number of ketones is 1. The van der Waals surface area contributed by atoms with E-state index < -0.39 is 5.60 Å². The van der Waals surface area contributed by atoms with Crippen molar-refractivity contribution in [1.82, 2.24) is 0 Å². The fourth-order valence-corrected chi connectivity index (χ4v) is 2.15. The molecule has 1 aliphatic carbocycles. The van der Waals surface area contributed by atoms with Crippen LogP contribution in [-0.4, -0.2) is 16.5 Å². The second kappa shape index (κ2) is 4.34. The van der Waals surface area contributed by atoms with Crippen LogP contribution in [0.1, 0.15) is 31.2 Å². The Morgan fingerprint density at radius 1 is 1.19 bits per heavy atom. The van der Waals surface area contributed by atoms with Crippen LogP contribution in [0, 0.1) is 5.82 Å². The monoisotopic (exact) mass is 222 g/mol. The van der Waals surface area contributed by atoms with Crippen molar-refractivity contribution in [2.45, 2.75) is 37.7 Å². The summed E-state index contributed by atoms with van der Waals surface area (Å²) in [5, 5.41) is 10.3. The minimum absolute atomic E-state index is 0.226. The second-order valence-corrected chi connectivity index (χ2v) is 4.57. The SMILES string of the molecule is O=C1CCC(O)(Cc2ccc(F)cc2)CC1. The van der Waals surface area contributed by atoms with E-state index in [0.29, 0.717) is 32.1 Å². The van der Waals surface area contributed by atoms with Gasteiger partial charge in [-0.2, -0.15) is 0 Å². The van der Waals surface area contributed by atoms with Gasteiger partial charge in [-0.1, -0.05) is 12.1 Å². The fourth-order valence-electron chi connectivity index (χ4n) is 2.15. The van der Waals surface area contributed by atoms with Gasteiger partial charge in [0, 0.05) is 19.3 Å². The Morgan fingerprint density at radius 3 is 2.31 bits per heavy atom. The molecule has 0 saturated heterocycles. The molecule has 16 heavy (non-hydrogen) atoms. The number of aliphatic hydroxyl groups is 1. The topological polar surface area (TPSA) is 37.3 Å². The minimum Gasteiger partial charge on any atom is -0.390 e. The number of hydrogen-bond acceptors (Lipinski definition) is 2. The molecule has 1 N–H and O–H groups in total. The van der Waals surface area contributed by atoms with Gasteiger partial charge in [-0.15, -0.1) is 0 Å². The van der Waals surface area contributed by atoms with Crippen LogP contribution in [0.5, 0.6) is 0 Å². The highest BCUT2D eigenvalue weighted by atomic mass is 19.1. The van der Waals surface area contributed by atoms with Gasteiger partial charge in [0.15, 0.2) is 0 Å². The molecule has 1 aromatic carbocycles. The molecular formula is C13H15FO2. The highest BCUT2D eigenvalue weighted by molar-refractivity contribution is 5.79. The van der Waals surface area contributed by atoms with Crippen molar-refractivity contribution in [2.24, 2.45) is 0 Å². The van der Waals surface area contributed by atoms with E-state index in [1.165, 1.54) is 12.1 Å². The summed E-state index contributed by atoms with van der Waals surface area (Å²) in [4.78, 5) is 11.1. The van der Waals surface area contributed by atoms with E-state index in [4.69, 9.17) is 0 Å². The summed E-state index contributed by atoms with van der Waals surface area (Å²) in [7, 11) is 0. The lowest BCUT2D eigenvalue weighted by molar-refractivity contribution is -0.125. The number of hydrogen-bond donors (Lipinski definition) is 1. The first kappa shape index (κ1) is 11.3. The Labute approximate surface area is 94.1 Å². The first-order valence-electron chi connectivity index (χ1n) is 5.56. The zero-order valence-electron chi connectivity index (χ0n) is 9.08. The molecule has 1 aromatic rings. The molecule has 86 valence electrons. The van der Waals surface area contributed by atoms with Crippen LogP contribution in [0.2, 0.25) is 0 Å². The van der Waals surface area contributed by atoms with Gasteiger partial charge in [-0.05, 0) is 30.5 Å². The number of rotatable bonds is 2. The Hall–Kier alpha value is -1.22. The van der Waals surface area contributed by atoms with Crippen molar-refractivity contribution in [2.75, 3.05) is 0 Å². The average molecular weight is 222 g/mol. The van der Waals surface area contributed by atoms with Crippen LogP contribution in [0.25, 0.3) is 0 Å². The van der Waals surface area contributed by atoms with Gasteiger partial charge in [0.2, 0.25) is 0 Å². The molecule has 1 aliphatic rings. The summed E-state index contributed by atoms with van der Waals surface area (Å²) in [6, 6.07) is 6.16. The predicted molar refractivity (Wildman–Crippen MR) is 58.5 cm³/mol. The molecule has 1 saturated carbocycles. The van der Waals surface area contributed by atoms with Crippen molar-refractivity contribution in [3.8, 4) is 0 Å². The van der Waals surface area contributed by atoms with Crippen molar-refractivity contribution >= 4 is 5.78 Å². The molecule has 0 aliphatic heterocycles. The van der Waals surface area contributed by atoms with Crippen LogP contribution < -0.4 is 0 Å². The highest BCUT2D eigenvalue weighted by Crippen LogP contribution is 2.29. The molecule has 0 heterocycles. The third-order valence-corrected chi connectivity index (χ3v) is 3.18. The zero-order chi connectivity index (χ0) is 11.6. The highest BCUT2D eigenvalue weighted by Gasteiger charge is 2.32. The van der Waals surface area contributed by atoms with Crippen molar-refractivity contribution < 1.29 is 14.3 Å². The van der Waals surface area contributed by atoms with Crippen LogP contribution in [0.3, 0.4) is 0 Å². The molecular weight excluding hydrogens is 207 g/mol. The lowest BCUT2D eigenvalue weighted by Crippen LogP contribution is -2.36. The van der Waals surface area contributed by atoms with Gasteiger partial charge in [0.1, 0.15) is 11.6 Å². The fraction of sp³-hybridized carbons (Fsp3) is 0.462. The van der Waals surface area contributed by atoms with Gasteiger partial charge < -0.3 is 5.11 Å². The van der Waals surface area contributed by atoms with Gasteiger partial charge in [-0.25, -0.2) is 4.39 Å². The molecule has 0 amide bonds. The summed E-state index contributed by atoms with van der Waals surface area (Å²) < 4.78 is 12.7. The van der Waals surface area contributed by atoms with Gasteiger partial charge >= 0.3 is 0 Å². The van der Waals surface area contributed by atoms with Crippen LogP contribution in [-0.2, 0) is 11.2 Å². The largest absolute Gasteiger partial charge is 0.390 e. The third-order valence-electron chi connectivity index (χ3n) is 3.18. The standard InChI is InChI=1S/C13H15FO2/c14-11-3-1-10(2-4-11)9-13(16)7-5-12(15)6-8-13/h1-4,16H,5-9H2. The zero-order valence-corrected chi connectivity index (χ0v) is 9.08. The van der Waals surface area contributed by atoms with Gasteiger partial charge in [-0.3, -0.25) is 4.79 Å². The van der Waals surface area contributed by atoms with Gasteiger partial charge in [0.05, 0.1) is 5.60 Å². The van der Waals surface area contributed by atoms with Gasteiger partial charge in [0.25, 0.3) is 0 Å². The average Bonchev–Trinajstić information content (AvgIpc) is 2.27. The van der Waals surface area contributed by atoms with E-state index in [1.54, 1.807) is 12.1 Å². The molecule has 0 aromatic heterocycles. The Morgan fingerprint density at radius 2 is 1.75 bits per heavy atom. The minimum atomic E-state index is -0.786. The maximum absolute atomic E-state index is 12.7. The van der Waals surface area contributed by atoms with Crippen LogP contribution in [0.15, 0.2) is 24.3 Å². The van der Waals surface area contributed by atoms with Crippen LogP contribution in [0.4, 0.5) is 4.39 Å². The molecule has 3 heteroatoms. The van der Waals surface area contributed by atoms with Crippen LogP contribution >= 0.6 is 0 Å². The maximum Gasteiger partial charge on any atom is 0.133 e. The number of halogens is 1. The van der Waals surface area contributed by atoms with E-state index in [1.807, 2.05) is 0 Å². The molecule has 0 spiro atoms. The van der Waals surface area contributed by atoms with E-state index in [-0.39, 0.29) is 11.6 Å². The van der Waals surface area contributed by atoms with E-state index in [2.05, 4.69) is 0 Å². The molecule has 0 atom stereocenters. The normalized spacial score (nSPS) is 19.8. The molecule has 1 fully saturated rings. The quantitative estimate of drug-likeness (QED) is 0.833. The molecule has 2 nitrogen and oxygen atoms in total. The molecule has 0 radical (unpaired) electrons. The molecule has 0 bridgehead atoms. The predicted octanol–water partition coefficient (Wildman–Crippen LogP) is 2.24. The second-order valence-electron chi connectivity index (χ2n) is 4.57. The van der Waals surface area contributed by atoms with Crippen molar-refractivity contribution in [3.05, 3.63) is 35.6 Å². The van der Waals surface area contributed by atoms with Crippen molar-refractivity contribution in [3.63, 3.8) is 0 Å². The Balaban J connectivity index is 2.03. The molecule has 2 rings (SSSR count). The number of Topliss-reactive ketones (excluding diaryl/α,β-unsaturated/α-hetero) is 1. The third kappa shape index (κ3) is 2.67. The lowest BCUT2D eigenvalue weighted by Gasteiger charge is -2.31. The number of carbonyl (C=O) groups is 1. The Bertz CT molecular complexity index is 373. The summed E-state index contributed by atoms with van der Waals surface area (Å²) >= 11 is 0. The van der Waals surface area contributed by atoms with E-state index >= 15 is 0 Å². The summed E-state index contributed by atoms with van der Waals surface area (Å²) in [6.07, 6.45) is 2.45. The summed E-state index contributed by atoms with van der Waals surface area (Å²) in [5.41, 5.74) is 0.129. The first-order valence-corrected chi connectivity index (χ1v) is 5.56. The maximum atomic E-state index is 12.7. The lowest BCUT2D eigenvalue weighted by atomic mass is 9.80. The smallest absolute Gasteiger partial charge is 0.133 e. The Kier molecular flexibility index (Phi) is 3.06. The number of benzene rings is 1. The molecule has 0 unspecified atom stereocenters. The van der Waals surface area contributed by atoms with E-state index in [0.717, 1.165) is 5.56 Å². The van der Waals surface area contributed by atoms with E-state index in [9.17, 15) is 14.3 Å². The summed E-state index contributed by atoms with van der Waals surface area (Å²) in [5.74, 6) is -0.0432. The first-order chi connectivity index (χ1) is 7.57. The summed E-state index contributed by atoms with van der Waals surface area (Å²) in [6.45, 7) is 0. The van der Waals surface area contributed by atoms with Crippen molar-refractivity contribution in [1.29, 1.82) is 0 Å².